The fourth-order valence-corrected chi connectivity index (χ4v) is 2.28. The van der Waals surface area contributed by atoms with Crippen LogP contribution < -0.4 is 0 Å². The van der Waals surface area contributed by atoms with Crippen LogP contribution in [0.5, 0.6) is 0 Å². The van der Waals surface area contributed by atoms with Crippen molar-refractivity contribution in [1.29, 1.82) is 0 Å². The van der Waals surface area contributed by atoms with Gasteiger partial charge in [0.15, 0.2) is 0 Å². The first-order valence-corrected chi connectivity index (χ1v) is 6.51. The number of hydrogen-bond acceptors (Lipinski definition) is 2. The van der Waals surface area contributed by atoms with Crippen molar-refractivity contribution in [2.24, 2.45) is 0 Å². The van der Waals surface area contributed by atoms with Gasteiger partial charge < -0.3 is 0 Å². The summed E-state index contributed by atoms with van der Waals surface area (Å²) in [5.74, 6) is -1.23. The highest BCUT2D eigenvalue weighted by Gasteiger charge is 2.23. The van der Waals surface area contributed by atoms with E-state index in [0.29, 0.717) is 6.54 Å². The van der Waals surface area contributed by atoms with Crippen LogP contribution in [0.15, 0.2) is 24.4 Å². The number of benzene rings is 1. The number of carbonyl (C=O) groups excluding carboxylic acids is 1. The van der Waals surface area contributed by atoms with E-state index < -0.39 is 11.6 Å². The quantitative estimate of drug-likeness (QED) is 0.801. The summed E-state index contributed by atoms with van der Waals surface area (Å²) < 4.78 is 15.2. The second-order valence-electron chi connectivity index (χ2n) is 3.99. The predicted octanol–water partition coefficient (Wildman–Crippen LogP) is 3.97. The van der Waals surface area contributed by atoms with Gasteiger partial charge in [0.25, 0.3) is 0 Å². The molecular formula is C13H11Cl2FN2O. The van der Waals surface area contributed by atoms with Crippen molar-refractivity contribution in [3.05, 3.63) is 51.5 Å². The van der Waals surface area contributed by atoms with Crippen LogP contribution in [0.4, 0.5) is 4.39 Å². The van der Waals surface area contributed by atoms with E-state index >= 15 is 0 Å². The van der Waals surface area contributed by atoms with Gasteiger partial charge in [-0.1, -0.05) is 36.2 Å². The summed E-state index contributed by atoms with van der Waals surface area (Å²) in [5, 5.41) is 4.26. The zero-order valence-electron chi connectivity index (χ0n) is 10.2. The molecule has 6 heteroatoms. The van der Waals surface area contributed by atoms with Crippen LogP contribution in [0.2, 0.25) is 10.0 Å². The van der Waals surface area contributed by atoms with Crippen LogP contribution in [0.1, 0.15) is 29.4 Å². The molecule has 0 aliphatic rings. The molecule has 1 heterocycles. The third kappa shape index (κ3) is 2.65. The van der Waals surface area contributed by atoms with Gasteiger partial charge in [-0.3, -0.25) is 9.48 Å². The third-order valence-corrected chi connectivity index (χ3v) is 3.23. The molecule has 2 rings (SSSR count). The van der Waals surface area contributed by atoms with Crippen molar-refractivity contribution in [2.45, 2.75) is 19.9 Å². The summed E-state index contributed by atoms with van der Waals surface area (Å²) in [6, 6.07) is 4.10. The summed E-state index contributed by atoms with van der Waals surface area (Å²) in [6.45, 7) is 2.47. The van der Waals surface area contributed by atoms with E-state index in [0.717, 1.165) is 6.42 Å². The van der Waals surface area contributed by atoms with E-state index in [1.165, 1.54) is 29.1 Å². The first kappa shape index (κ1) is 14.0. The Labute approximate surface area is 119 Å². The molecule has 0 spiro atoms. The smallest absolute Gasteiger partial charge is 0.217 e. The normalized spacial score (nSPS) is 10.7. The molecule has 0 atom stereocenters. The number of aryl methyl sites for hydroxylation is 1. The lowest BCUT2D eigenvalue weighted by Crippen LogP contribution is -2.13. The highest BCUT2D eigenvalue weighted by Crippen LogP contribution is 2.25. The summed E-state index contributed by atoms with van der Waals surface area (Å²) in [4.78, 5) is 12.4. The number of carbonyl (C=O) groups is 1. The molecule has 0 N–H and O–H groups in total. The fraction of sp³-hybridized carbons (Fsp3) is 0.231. The van der Waals surface area contributed by atoms with Crippen LogP contribution in [0, 0.1) is 5.82 Å². The molecule has 1 aromatic carbocycles. The molecule has 3 nitrogen and oxygen atoms in total. The average molecular weight is 301 g/mol. The first-order valence-electron chi connectivity index (χ1n) is 5.76. The second kappa shape index (κ2) is 5.72. The predicted molar refractivity (Wildman–Crippen MR) is 72.4 cm³/mol. The molecule has 0 unspecified atom stereocenters. The Hall–Kier alpha value is -1.39. The summed E-state index contributed by atoms with van der Waals surface area (Å²) >= 11 is 11.8. The maximum Gasteiger partial charge on any atom is 0.217 e. The Morgan fingerprint density at radius 2 is 2.11 bits per heavy atom. The molecule has 19 heavy (non-hydrogen) atoms. The van der Waals surface area contributed by atoms with Gasteiger partial charge in [-0.05, 0) is 18.6 Å². The summed E-state index contributed by atoms with van der Waals surface area (Å²) in [7, 11) is 0. The molecule has 0 fully saturated rings. The molecule has 0 saturated heterocycles. The first-order chi connectivity index (χ1) is 9.06. The molecule has 0 aliphatic carbocycles. The highest BCUT2D eigenvalue weighted by molar-refractivity contribution is 6.37. The van der Waals surface area contributed by atoms with Crippen molar-refractivity contribution in [1.82, 2.24) is 9.78 Å². The van der Waals surface area contributed by atoms with Gasteiger partial charge in [-0.2, -0.15) is 5.10 Å². The molecule has 0 aliphatic heterocycles. The van der Waals surface area contributed by atoms with Crippen molar-refractivity contribution < 1.29 is 9.18 Å². The van der Waals surface area contributed by atoms with Crippen LogP contribution in [-0.2, 0) is 6.54 Å². The van der Waals surface area contributed by atoms with Crippen LogP contribution in [-0.4, -0.2) is 15.6 Å². The second-order valence-corrected chi connectivity index (χ2v) is 4.80. The summed E-state index contributed by atoms with van der Waals surface area (Å²) in [6.07, 6.45) is 2.16. The Bertz CT molecular complexity index is 605. The van der Waals surface area contributed by atoms with Gasteiger partial charge in [-0.15, -0.1) is 0 Å². The van der Waals surface area contributed by atoms with Gasteiger partial charge in [-0.25, -0.2) is 4.39 Å². The molecule has 0 radical (unpaired) electrons. The maximum atomic E-state index is 13.8. The van der Waals surface area contributed by atoms with Gasteiger partial charge in [0.2, 0.25) is 5.78 Å². The minimum Gasteiger partial charge on any atom is -0.287 e. The minimum absolute atomic E-state index is 0.0605. The minimum atomic E-state index is -0.669. The molecule has 0 saturated carbocycles. The number of rotatable bonds is 4. The average Bonchev–Trinajstić information content (AvgIpc) is 2.70. The highest BCUT2D eigenvalue weighted by atomic mass is 35.5. The molecule has 1 aromatic heterocycles. The number of hydrogen-bond donors (Lipinski definition) is 0. The van der Waals surface area contributed by atoms with Gasteiger partial charge in [0, 0.05) is 6.54 Å². The molecular weight excluding hydrogens is 290 g/mol. The molecule has 2 aromatic rings. The van der Waals surface area contributed by atoms with Gasteiger partial charge in [0.05, 0.1) is 21.8 Å². The lowest BCUT2D eigenvalue weighted by Gasteiger charge is -2.08. The standard InChI is InChI=1S/C13H11Cl2FN2O/c1-2-6-18-12(9(15)7-17-18)13(19)11-8(14)4-3-5-10(11)16/h3-5,7H,2,6H2,1H3. The van der Waals surface area contributed by atoms with Crippen LogP contribution in [0.3, 0.4) is 0 Å². The zero-order chi connectivity index (χ0) is 14.0. The maximum absolute atomic E-state index is 13.8. The Kier molecular flexibility index (Phi) is 4.22. The number of nitrogens with zero attached hydrogens (tertiary/aromatic N) is 2. The van der Waals surface area contributed by atoms with E-state index in [2.05, 4.69) is 5.10 Å². The van der Waals surface area contributed by atoms with Crippen molar-refractivity contribution >= 4 is 29.0 Å². The Morgan fingerprint density at radius 3 is 2.74 bits per heavy atom. The van der Waals surface area contributed by atoms with Crippen molar-refractivity contribution in [3.8, 4) is 0 Å². The number of aromatic nitrogens is 2. The van der Waals surface area contributed by atoms with Crippen LogP contribution >= 0.6 is 23.2 Å². The summed E-state index contributed by atoms with van der Waals surface area (Å²) in [5.41, 5.74) is -0.0144. The van der Waals surface area contributed by atoms with E-state index in [-0.39, 0.29) is 21.3 Å². The Morgan fingerprint density at radius 1 is 1.37 bits per heavy atom. The Balaban J connectivity index is 2.53. The number of ketones is 1. The van der Waals surface area contributed by atoms with E-state index in [1.54, 1.807) is 0 Å². The molecule has 100 valence electrons. The monoisotopic (exact) mass is 300 g/mol. The van der Waals surface area contributed by atoms with Crippen molar-refractivity contribution in [3.63, 3.8) is 0 Å². The SMILES string of the molecule is CCCn1ncc(Cl)c1C(=O)c1c(F)cccc1Cl. The van der Waals surface area contributed by atoms with Crippen molar-refractivity contribution in [2.75, 3.05) is 0 Å². The largest absolute Gasteiger partial charge is 0.287 e. The fourth-order valence-electron chi connectivity index (χ4n) is 1.80. The van der Waals surface area contributed by atoms with E-state index in [4.69, 9.17) is 23.2 Å². The lowest BCUT2D eigenvalue weighted by atomic mass is 10.1. The van der Waals surface area contributed by atoms with E-state index in [1.807, 2.05) is 6.92 Å². The molecule has 0 amide bonds. The molecule has 0 bridgehead atoms. The topological polar surface area (TPSA) is 34.9 Å². The van der Waals surface area contributed by atoms with Gasteiger partial charge in [0.1, 0.15) is 11.5 Å². The van der Waals surface area contributed by atoms with Gasteiger partial charge >= 0.3 is 0 Å². The lowest BCUT2D eigenvalue weighted by molar-refractivity contribution is 0.102. The third-order valence-electron chi connectivity index (χ3n) is 2.64. The van der Waals surface area contributed by atoms with Crippen LogP contribution in [0.25, 0.3) is 0 Å². The number of halogens is 3. The van der Waals surface area contributed by atoms with E-state index in [9.17, 15) is 9.18 Å². The zero-order valence-corrected chi connectivity index (χ0v) is 11.7.